The van der Waals surface area contributed by atoms with Gasteiger partial charge in [-0.3, -0.25) is 0 Å². The van der Waals surface area contributed by atoms with Gasteiger partial charge < -0.3 is 4.74 Å². The molecule has 2 aliphatic carbocycles. The van der Waals surface area contributed by atoms with Crippen molar-refractivity contribution in [1.29, 1.82) is 0 Å². The van der Waals surface area contributed by atoms with Crippen LogP contribution in [0.5, 0.6) is 5.75 Å². The molecule has 0 aliphatic heterocycles. The maximum atomic E-state index is 5.88. The number of rotatable bonds is 12. The fourth-order valence-electron chi connectivity index (χ4n) is 6.64. The number of allylic oxidation sites excluding steroid dienone is 2. The molecule has 2 fully saturated rings. The van der Waals surface area contributed by atoms with Gasteiger partial charge in [0.15, 0.2) is 0 Å². The van der Waals surface area contributed by atoms with E-state index in [2.05, 4.69) is 86.4 Å². The molecule has 0 atom stereocenters. The first-order valence-corrected chi connectivity index (χ1v) is 16.3. The topological polar surface area (TPSA) is 9.23 Å². The molecule has 0 amide bonds. The van der Waals surface area contributed by atoms with E-state index in [9.17, 15) is 0 Å². The maximum Gasteiger partial charge on any atom is 0.119 e. The van der Waals surface area contributed by atoms with Crippen LogP contribution >= 0.6 is 0 Å². The molecule has 0 saturated heterocycles. The molecule has 2 aliphatic rings. The van der Waals surface area contributed by atoms with Crippen LogP contribution in [0.2, 0.25) is 0 Å². The zero-order valence-electron chi connectivity index (χ0n) is 24.8. The molecular weight excluding hydrogens is 472 g/mol. The molecule has 2 aromatic carbocycles. The molecule has 0 radical (unpaired) electrons. The van der Waals surface area contributed by atoms with Gasteiger partial charge in [-0.1, -0.05) is 94.6 Å². The van der Waals surface area contributed by atoms with E-state index >= 15 is 0 Å². The van der Waals surface area contributed by atoms with Crippen LogP contribution in [0.4, 0.5) is 0 Å². The van der Waals surface area contributed by atoms with Crippen molar-refractivity contribution in [2.45, 2.75) is 122 Å². The number of hydrogen-bond acceptors (Lipinski definition) is 1. The van der Waals surface area contributed by atoms with E-state index in [1.54, 1.807) is 0 Å². The van der Waals surface area contributed by atoms with Gasteiger partial charge in [-0.2, -0.15) is 0 Å². The van der Waals surface area contributed by atoms with E-state index in [1.165, 1.54) is 101 Å². The molecular formula is C38H52O. The Morgan fingerprint density at radius 1 is 0.692 bits per heavy atom. The quantitative estimate of drug-likeness (QED) is 0.198. The molecule has 0 aromatic heterocycles. The first-order valence-electron chi connectivity index (χ1n) is 16.3. The van der Waals surface area contributed by atoms with Gasteiger partial charge in [0, 0.05) is 5.56 Å². The summed E-state index contributed by atoms with van der Waals surface area (Å²) in [5.74, 6) is 10.8. The van der Waals surface area contributed by atoms with E-state index in [0.717, 1.165) is 36.2 Å². The normalized spacial score (nSPS) is 23.3. The van der Waals surface area contributed by atoms with Gasteiger partial charge in [-0.05, 0) is 123 Å². The minimum Gasteiger partial charge on any atom is -0.494 e. The minimum absolute atomic E-state index is 0.663. The number of benzene rings is 2. The molecule has 2 aromatic rings. The molecule has 2 saturated carbocycles. The molecule has 0 N–H and O–H groups in total. The van der Waals surface area contributed by atoms with Gasteiger partial charge in [0.05, 0.1) is 6.61 Å². The maximum absolute atomic E-state index is 5.88. The first kappa shape index (κ1) is 29.5. The van der Waals surface area contributed by atoms with Crippen molar-refractivity contribution in [3.05, 3.63) is 77.4 Å². The number of unbranched alkanes of at least 4 members (excludes halogenated alkanes) is 4. The third kappa shape index (κ3) is 9.90. The third-order valence-electron chi connectivity index (χ3n) is 9.25. The van der Waals surface area contributed by atoms with E-state index in [1.807, 2.05) is 0 Å². The Bertz CT molecular complexity index is 1020. The van der Waals surface area contributed by atoms with Crippen molar-refractivity contribution in [1.82, 2.24) is 0 Å². The standard InChI is InChI=1S/C38H52O/c1-3-5-7-11-31-14-20-34(21-15-31)35-22-16-32(17-23-35)12-8-9-13-33-18-24-36(25-19-33)37-26-28-38(29-27-37)39-30-10-6-4-2/h9,13,16-17,22-23,26-29,31,33-34,36H,3-7,10-11,14-15,18-21,24-25,30H2,1-2H3/b13-9+. The lowest BCUT2D eigenvalue weighted by Gasteiger charge is -2.29. The zero-order valence-corrected chi connectivity index (χ0v) is 24.8. The van der Waals surface area contributed by atoms with Crippen molar-refractivity contribution >= 4 is 0 Å². The van der Waals surface area contributed by atoms with Crippen molar-refractivity contribution in [2.75, 3.05) is 6.61 Å². The minimum atomic E-state index is 0.663. The van der Waals surface area contributed by atoms with Gasteiger partial charge in [0.25, 0.3) is 0 Å². The smallest absolute Gasteiger partial charge is 0.119 e. The highest BCUT2D eigenvalue weighted by molar-refractivity contribution is 5.39. The van der Waals surface area contributed by atoms with Crippen LogP contribution in [0.1, 0.15) is 139 Å². The second-order valence-corrected chi connectivity index (χ2v) is 12.2. The fraction of sp³-hybridized carbons (Fsp3) is 0.579. The van der Waals surface area contributed by atoms with Gasteiger partial charge in [0.1, 0.15) is 5.75 Å². The van der Waals surface area contributed by atoms with Crippen LogP contribution in [0.15, 0.2) is 60.7 Å². The highest BCUT2D eigenvalue weighted by Crippen LogP contribution is 2.38. The Kier molecular flexibility index (Phi) is 12.6. The van der Waals surface area contributed by atoms with Crippen LogP contribution < -0.4 is 4.74 Å². The second kappa shape index (κ2) is 16.6. The summed E-state index contributed by atoms with van der Waals surface area (Å²) in [6.07, 6.45) is 24.3. The van der Waals surface area contributed by atoms with Crippen LogP contribution in [0, 0.1) is 23.7 Å². The lowest BCUT2D eigenvalue weighted by atomic mass is 9.77. The monoisotopic (exact) mass is 524 g/mol. The van der Waals surface area contributed by atoms with Crippen LogP contribution in [0.25, 0.3) is 0 Å². The molecule has 1 heteroatoms. The Morgan fingerprint density at radius 3 is 1.92 bits per heavy atom. The van der Waals surface area contributed by atoms with E-state index in [0.29, 0.717) is 11.8 Å². The highest BCUT2D eigenvalue weighted by Gasteiger charge is 2.22. The van der Waals surface area contributed by atoms with Gasteiger partial charge in [0.2, 0.25) is 0 Å². The fourth-order valence-corrected chi connectivity index (χ4v) is 6.64. The predicted molar refractivity (Wildman–Crippen MR) is 167 cm³/mol. The summed E-state index contributed by atoms with van der Waals surface area (Å²) < 4.78 is 5.88. The molecule has 210 valence electrons. The van der Waals surface area contributed by atoms with Crippen molar-refractivity contribution < 1.29 is 4.74 Å². The highest BCUT2D eigenvalue weighted by atomic mass is 16.5. The summed E-state index contributed by atoms with van der Waals surface area (Å²) in [7, 11) is 0. The molecule has 1 nitrogen and oxygen atoms in total. The SMILES string of the molecule is CCCCCOc1ccc(C2CCC(/C=C/C#Cc3ccc(C4CCC(CCCCC)CC4)cc3)CC2)cc1. The van der Waals surface area contributed by atoms with Gasteiger partial charge in [-0.15, -0.1) is 0 Å². The van der Waals surface area contributed by atoms with Crippen molar-refractivity contribution in [3.8, 4) is 17.6 Å². The van der Waals surface area contributed by atoms with Crippen LogP contribution in [0.3, 0.4) is 0 Å². The lowest BCUT2D eigenvalue weighted by molar-refractivity contribution is 0.303. The average Bonchev–Trinajstić information content (AvgIpc) is 2.99. The van der Waals surface area contributed by atoms with Gasteiger partial charge >= 0.3 is 0 Å². The lowest BCUT2D eigenvalue weighted by Crippen LogP contribution is -2.13. The van der Waals surface area contributed by atoms with E-state index < -0.39 is 0 Å². The van der Waals surface area contributed by atoms with Crippen LogP contribution in [-0.4, -0.2) is 6.61 Å². The summed E-state index contributed by atoms with van der Waals surface area (Å²) in [6, 6.07) is 18.0. The summed E-state index contributed by atoms with van der Waals surface area (Å²) in [5, 5.41) is 0. The number of hydrogen-bond donors (Lipinski definition) is 0. The predicted octanol–water partition coefficient (Wildman–Crippen LogP) is 11.0. The second-order valence-electron chi connectivity index (χ2n) is 12.2. The van der Waals surface area contributed by atoms with E-state index in [4.69, 9.17) is 4.74 Å². The largest absolute Gasteiger partial charge is 0.494 e. The third-order valence-corrected chi connectivity index (χ3v) is 9.25. The van der Waals surface area contributed by atoms with E-state index in [-0.39, 0.29) is 0 Å². The Hall–Kier alpha value is -2.46. The Labute approximate surface area is 239 Å². The Balaban J connectivity index is 1.16. The average molecular weight is 525 g/mol. The molecule has 4 rings (SSSR count). The number of ether oxygens (including phenoxy) is 1. The summed E-state index contributed by atoms with van der Waals surface area (Å²) in [6.45, 7) is 5.37. The first-order chi connectivity index (χ1) is 19.2. The Morgan fingerprint density at radius 2 is 1.28 bits per heavy atom. The molecule has 0 spiro atoms. The molecule has 0 heterocycles. The molecule has 0 bridgehead atoms. The molecule has 0 unspecified atom stereocenters. The van der Waals surface area contributed by atoms with Crippen LogP contribution in [-0.2, 0) is 0 Å². The van der Waals surface area contributed by atoms with Crippen molar-refractivity contribution in [2.24, 2.45) is 11.8 Å². The van der Waals surface area contributed by atoms with Gasteiger partial charge in [-0.25, -0.2) is 0 Å². The molecule has 39 heavy (non-hydrogen) atoms. The summed E-state index contributed by atoms with van der Waals surface area (Å²) >= 11 is 0. The zero-order chi connectivity index (χ0) is 27.1. The summed E-state index contributed by atoms with van der Waals surface area (Å²) in [5.41, 5.74) is 4.13. The van der Waals surface area contributed by atoms with Crippen molar-refractivity contribution in [3.63, 3.8) is 0 Å². The summed E-state index contributed by atoms with van der Waals surface area (Å²) in [4.78, 5) is 0.